The summed E-state index contributed by atoms with van der Waals surface area (Å²) < 4.78 is 0. The Bertz CT molecular complexity index is 686. The van der Waals surface area contributed by atoms with E-state index >= 15 is 0 Å². The van der Waals surface area contributed by atoms with Gasteiger partial charge in [-0.1, -0.05) is 120 Å². The fraction of sp³-hybridized carbons (Fsp3) is 0.182. The standard InChI is InChI=1S/C22H23B.H3N/c1-2-3-12-19-13-10-11-18-22(19)23(20-14-6-4-7-15-20)21-16-8-5-9-17-21;/h4-11,13-18H,2-3,12H2,1H3;1H3. The molecule has 0 fully saturated rings. The molecular formula is C22H26BN. The Balaban J connectivity index is 0.00000208. The monoisotopic (exact) mass is 315 g/mol. The fourth-order valence-electron chi connectivity index (χ4n) is 3.25. The van der Waals surface area contributed by atoms with Crippen LogP contribution in [0.25, 0.3) is 0 Å². The van der Waals surface area contributed by atoms with Gasteiger partial charge >= 0.3 is 0 Å². The molecule has 3 aromatic carbocycles. The summed E-state index contributed by atoms with van der Waals surface area (Å²) in [7, 11) is 0. The van der Waals surface area contributed by atoms with Crippen LogP contribution in [0, 0.1) is 0 Å². The van der Waals surface area contributed by atoms with Gasteiger partial charge in [-0.05, 0) is 12.8 Å². The minimum Gasteiger partial charge on any atom is -0.344 e. The van der Waals surface area contributed by atoms with Crippen LogP contribution in [-0.2, 0) is 6.42 Å². The predicted molar refractivity (Wildman–Crippen MR) is 108 cm³/mol. The van der Waals surface area contributed by atoms with E-state index in [1.165, 1.54) is 34.8 Å². The average molecular weight is 315 g/mol. The van der Waals surface area contributed by atoms with Crippen molar-refractivity contribution in [3.8, 4) is 0 Å². The van der Waals surface area contributed by atoms with Gasteiger partial charge in [-0.25, -0.2) is 0 Å². The number of benzene rings is 3. The van der Waals surface area contributed by atoms with Crippen LogP contribution in [0.3, 0.4) is 0 Å². The second-order valence-corrected chi connectivity index (χ2v) is 6.06. The van der Waals surface area contributed by atoms with Crippen LogP contribution in [0.5, 0.6) is 0 Å². The van der Waals surface area contributed by atoms with Crippen molar-refractivity contribution in [3.63, 3.8) is 0 Å². The lowest BCUT2D eigenvalue weighted by Crippen LogP contribution is -2.53. The Morgan fingerprint density at radius 1 is 0.667 bits per heavy atom. The third-order valence-corrected chi connectivity index (χ3v) is 4.43. The van der Waals surface area contributed by atoms with Crippen molar-refractivity contribution in [1.29, 1.82) is 0 Å². The predicted octanol–water partition coefficient (Wildman–Crippen LogP) is 3.71. The minimum absolute atomic E-state index is 0. The van der Waals surface area contributed by atoms with Crippen molar-refractivity contribution >= 4 is 23.1 Å². The van der Waals surface area contributed by atoms with Crippen LogP contribution >= 0.6 is 0 Å². The van der Waals surface area contributed by atoms with E-state index in [9.17, 15) is 0 Å². The summed E-state index contributed by atoms with van der Waals surface area (Å²) in [6.45, 7) is 2.57. The van der Waals surface area contributed by atoms with E-state index in [2.05, 4.69) is 91.9 Å². The van der Waals surface area contributed by atoms with Crippen LogP contribution in [0.4, 0.5) is 0 Å². The first kappa shape index (κ1) is 18.0. The van der Waals surface area contributed by atoms with Crippen molar-refractivity contribution in [2.24, 2.45) is 0 Å². The number of hydrogen-bond donors (Lipinski definition) is 1. The minimum atomic E-state index is 0. The van der Waals surface area contributed by atoms with Crippen LogP contribution in [-0.4, -0.2) is 6.71 Å². The van der Waals surface area contributed by atoms with Crippen LogP contribution in [0.1, 0.15) is 25.3 Å². The van der Waals surface area contributed by atoms with Crippen molar-refractivity contribution in [2.75, 3.05) is 0 Å². The average Bonchev–Trinajstić information content (AvgIpc) is 2.63. The molecule has 0 unspecified atom stereocenters. The van der Waals surface area contributed by atoms with Gasteiger partial charge in [0.2, 0.25) is 6.71 Å². The molecule has 0 amide bonds. The SMILES string of the molecule is CCCCc1ccccc1B(c1ccccc1)c1ccccc1.N. The summed E-state index contributed by atoms with van der Waals surface area (Å²) in [6.07, 6.45) is 3.63. The van der Waals surface area contributed by atoms with Crippen LogP contribution < -0.4 is 22.5 Å². The van der Waals surface area contributed by atoms with Crippen molar-refractivity contribution in [1.82, 2.24) is 6.15 Å². The topological polar surface area (TPSA) is 35.0 Å². The molecule has 3 N–H and O–H groups in total. The Kier molecular flexibility index (Phi) is 6.83. The first-order valence-electron chi connectivity index (χ1n) is 8.58. The third-order valence-electron chi connectivity index (χ3n) is 4.43. The highest BCUT2D eigenvalue weighted by atomic mass is 14.0. The molecule has 0 aliphatic heterocycles. The van der Waals surface area contributed by atoms with Gasteiger partial charge in [-0.2, -0.15) is 0 Å². The molecule has 1 nitrogen and oxygen atoms in total. The van der Waals surface area contributed by atoms with E-state index in [1.54, 1.807) is 0 Å². The maximum atomic E-state index is 2.30. The summed E-state index contributed by atoms with van der Waals surface area (Å²) >= 11 is 0. The second kappa shape index (κ2) is 9.10. The van der Waals surface area contributed by atoms with E-state index in [-0.39, 0.29) is 6.15 Å². The molecule has 0 saturated carbocycles. The Morgan fingerprint density at radius 3 is 1.71 bits per heavy atom. The molecule has 3 rings (SSSR count). The summed E-state index contributed by atoms with van der Waals surface area (Å²) in [6, 6.07) is 30.7. The molecule has 0 atom stereocenters. The molecule has 24 heavy (non-hydrogen) atoms. The lowest BCUT2D eigenvalue weighted by molar-refractivity contribution is 0.798. The smallest absolute Gasteiger partial charge is 0.241 e. The molecule has 2 heteroatoms. The molecule has 0 aliphatic carbocycles. The molecule has 0 bridgehead atoms. The van der Waals surface area contributed by atoms with Crippen LogP contribution in [0.2, 0.25) is 0 Å². The Labute approximate surface area is 146 Å². The quantitative estimate of drug-likeness (QED) is 0.692. The summed E-state index contributed by atoms with van der Waals surface area (Å²) in [5.74, 6) is 0. The number of aryl methyl sites for hydroxylation is 1. The zero-order valence-electron chi connectivity index (χ0n) is 14.5. The first-order valence-corrected chi connectivity index (χ1v) is 8.58. The van der Waals surface area contributed by atoms with E-state index in [0.29, 0.717) is 6.71 Å². The van der Waals surface area contributed by atoms with Gasteiger partial charge in [0.15, 0.2) is 0 Å². The molecule has 3 aromatic rings. The van der Waals surface area contributed by atoms with Gasteiger partial charge in [-0.3, -0.25) is 0 Å². The highest BCUT2D eigenvalue weighted by molar-refractivity contribution is 6.95. The summed E-state index contributed by atoms with van der Waals surface area (Å²) in [5.41, 5.74) is 5.65. The molecule has 0 radical (unpaired) electrons. The highest BCUT2D eigenvalue weighted by Gasteiger charge is 2.23. The lowest BCUT2D eigenvalue weighted by atomic mass is 9.36. The van der Waals surface area contributed by atoms with Crippen molar-refractivity contribution in [2.45, 2.75) is 26.2 Å². The summed E-state index contributed by atoms with van der Waals surface area (Å²) in [5, 5.41) is 0. The first-order chi connectivity index (χ1) is 11.4. The number of rotatable bonds is 6. The van der Waals surface area contributed by atoms with Gasteiger partial charge in [-0.15, -0.1) is 0 Å². The molecule has 122 valence electrons. The van der Waals surface area contributed by atoms with Gasteiger partial charge in [0.05, 0.1) is 0 Å². The zero-order chi connectivity index (χ0) is 15.9. The molecule has 0 spiro atoms. The van der Waals surface area contributed by atoms with Gasteiger partial charge in [0.1, 0.15) is 0 Å². The maximum Gasteiger partial charge on any atom is 0.241 e. The molecule has 0 saturated heterocycles. The molecule has 0 aliphatic rings. The highest BCUT2D eigenvalue weighted by Crippen LogP contribution is 2.05. The molecule has 0 aromatic heterocycles. The lowest BCUT2D eigenvalue weighted by Gasteiger charge is -2.19. The van der Waals surface area contributed by atoms with Crippen molar-refractivity contribution in [3.05, 3.63) is 90.5 Å². The maximum absolute atomic E-state index is 2.30. The fourth-order valence-corrected chi connectivity index (χ4v) is 3.25. The molecular weight excluding hydrogens is 289 g/mol. The Hall–Kier alpha value is -2.32. The third kappa shape index (κ3) is 4.15. The van der Waals surface area contributed by atoms with E-state index in [0.717, 1.165) is 6.42 Å². The number of unbranched alkanes of at least 4 members (excludes halogenated alkanes) is 1. The van der Waals surface area contributed by atoms with E-state index in [1.807, 2.05) is 0 Å². The largest absolute Gasteiger partial charge is 0.344 e. The zero-order valence-corrected chi connectivity index (χ0v) is 14.5. The van der Waals surface area contributed by atoms with Crippen molar-refractivity contribution < 1.29 is 0 Å². The van der Waals surface area contributed by atoms with Gasteiger partial charge in [0, 0.05) is 0 Å². The van der Waals surface area contributed by atoms with E-state index in [4.69, 9.17) is 0 Å². The second-order valence-electron chi connectivity index (χ2n) is 6.06. The molecule has 0 heterocycles. The van der Waals surface area contributed by atoms with Gasteiger partial charge < -0.3 is 6.15 Å². The van der Waals surface area contributed by atoms with Crippen LogP contribution in [0.15, 0.2) is 84.9 Å². The van der Waals surface area contributed by atoms with Gasteiger partial charge in [0.25, 0.3) is 0 Å². The summed E-state index contributed by atoms with van der Waals surface area (Å²) in [4.78, 5) is 0. The number of hydrogen-bond acceptors (Lipinski definition) is 1. The Morgan fingerprint density at radius 2 is 1.17 bits per heavy atom. The van der Waals surface area contributed by atoms with E-state index < -0.39 is 0 Å². The normalized spacial score (nSPS) is 10.0.